The number of hydrogen-bond acceptors (Lipinski definition) is 2. The topological polar surface area (TPSA) is 15.3 Å². The van der Waals surface area contributed by atoms with Crippen LogP contribution in [0.15, 0.2) is 0 Å². The molecule has 1 aliphatic carbocycles. The van der Waals surface area contributed by atoms with E-state index in [1.807, 2.05) is 0 Å². The Bertz CT molecular complexity index is 144. The van der Waals surface area contributed by atoms with Gasteiger partial charge in [0.2, 0.25) is 0 Å². The van der Waals surface area contributed by atoms with E-state index in [1.165, 1.54) is 32.7 Å². The van der Waals surface area contributed by atoms with Crippen LogP contribution in [0.3, 0.4) is 0 Å². The molecule has 1 saturated heterocycles. The molecule has 2 aliphatic rings. The third kappa shape index (κ3) is 1.38. The molecule has 70 valence electrons. The van der Waals surface area contributed by atoms with Crippen molar-refractivity contribution in [1.29, 1.82) is 0 Å². The molecular formula is C10H20N2. The highest BCUT2D eigenvalue weighted by Crippen LogP contribution is 2.48. The van der Waals surface area contributed by atoms with Crippen molar-refractivity contribution in [3.8, 4) is 0 Å². The number of nitrogens with one attached hydrogen (secondary N) is 1. The Labute approximate surface area is 75.3 Å². The first kappa shape index (κ1) is 8.52. The zero-order valence-electron chi connectivity index (χ0n) is 8.21. The van der Waals surface area contributed by atoms with Gasteiger partial charge in [-0.15, -0.1) is 0 Å². The summed E-state index contributed by atoms with van der Waals surface area (Å²) in [5.41, 5.74) is 0. The van der Waals surface area contributed by atoms with Gasteiger partial charge in [-0.2, -0.15) is 0 Å². The Balaban J connectivity index is 1.74. The molecule has 1 saturated carbocycles. The average Bonchev–Trinajstić information content (AvgIpc) is 2.57. The lowest BCUT2D eigenvalue weighted by atomic mass is 10.2. The number of hydrogen-bond donors (Lipinski definition) is 1. The van der Waals surface area contributed by atoms with Gasteiger partial charge in [-0.25, -0.2) is 0 Å². The van der Waals surface area contributed by atoms with Gasteiger partial charge < -0.3 is 10.2 Å². The van der Waals surface area contributed by atoms with Crippen molar-refractivity contribution >= 4 is 0 Å². The molecule has 2 rings (SSSR count). The molecule has 0 radical (unpaired) electrons. The summed E-state index contributed by atoms with van der Waals surface area (Å²) in [4.78, 5) is 2.56. The monoisotopic (exact) mass is 168 g/mol. The quantitative estimate of drug-likeness (QED) is 0.668. The fourth-order valence-electron chi connectivity index (χ4n) is 2.60. The Morgan fingerprint density at radius 2 is 1.75 bits per heavy atom. The fraction of sp³-hybridized carbons (Fsp3) is 1.00. The van der Waals surface area contributed by atoms with Gasteiger partial charge in [0.15, 0.2) is 0 Å². The van der Waals surface area contributed by atoms with Gasteiger partial charge in [-0.05, 0) is 43.9 Å². The van der Waals surface area contributed by atoms with Crippen molar-refractivity contribution < 1.29 is 0 Å². The van der Waals surface area contributed by atoms with Crippen molar-refractivity contribution in [2.45, 2.75) is 13.8 Å². The van der Waals surface area contributed by atoms with Crippen LogP contribution >= 0.6 is 0 Å². The van der Waals surface area contributed by atoms with E-state index in [4.69, 9.17) is 0 Å². The minimum Gasteiger partial charge on any atom is -0.316 e. The summed E-state index contributed by atoms with van der Waals surface area (Å²) in [7, 11) is 0. The molecule has 0 aromatic rings. The van der Waals surface area contributed by atoms with Crippen LogP contribution in [0.2, 0.25) is 0 Å². The third-order valence-corrected chi connectivity index (χ3v) is 3.63. The maximum atomic E-state index is 3.44. The van der Waals surface area contributed by atoms with Gasteiger partial charge in [0.05, 0.1) is 0 Å². The molecule has 2 atom stereocenters. The van der Waals surface area contributed by atoms with Gasteiger partial charge in [0.25, 0.3) is 0 Å². The first-order valence-corrected chi connectivity index (χ1v) is 5.29. The summed E-state index contributed by atoms with van der Waals surface area (Å²) < 4.78 is 0. The van der Waals surface area contributed by atoms with Crippen LogP contribution in [-0.4, -0.2) is 37.6 Å². The van der Waals surface area contributed by atoms with Crippen LogP contribution in [0.5, 0.6) is 0 Å². The molecule has 0 bridgehead atoms. The van der Waals surface area contributed by atoms with Crippen molar-refractivity contribution in [3.05, 3.63) is 0 Å². The Morgan fingerprint density at radius 3 is 2.25 bits per heavy atom. The molecular weight excluding hydrogens is 148 g/mol. The molecule has 2 heteroatoms. The molecule has 2 nitrogen and oxygen atoms in total. The second-order valence-corrected chi connectivity index (χ2v) is 4.14. The molecule has 0 aromatic heterocycles. The SMILES string of the molecule is CCN(CC)CC1C2CNCC21. The summed E-state index contributed by atoms with van der Waals surface area (Å²) in [6, 6.07) is 0. The lowest BCUT2D eigenvalue weighted by Gasteiger charge is -2.18. The molecule has 12 heavy (non-hydrogen) atoms. The van der Waals surface area contributed by atoms with Gasteiger partial charge in [0.1, 0.15) is 0 Å². The minimum atomic E-state index is 1.03. The van der Waals surface area contributed by atoms with E-state index < -0.39 is 0 Å². The first-order valence-electron chi connectivity index (χ1n) is 5.29. The molecule has 2 unspecified atom stereocenters. The summed E-state index contributed by atoms with van der Waals surface area (Å²) in [5, 5.41) is 3.44. The summed E-state index contributed by atoms with van der Waals surface area (Å²) in [6.45, 7) is 10.9. The smallest absolute Gasteiger partial charge is 0.00159 e. The van der Waals surface area contributed by atoms with Gasteiger partial charge in [0, 0.05) is 6.54 Å². The summed E-state index contributed by atoms with van der Waals surface area (Å²) >= 11 is 0. The van der Waals surface area contributed by atoms with Gasteiger partial charge in [-0.3, -0.25) is 0 Å². The molecule has 0 spiro atoms. The fourth-order valence-corrected chi connectivity index (χ4v) is 2.60. The van der Waals surface area contributed by atoms with Crippen LogP contribution in [-0.2, 0) is 0 Å². The van der Waals surface area contributed by atoms with Crippen molar-refractivity contribution in [2.24, 2.45) is 17.8 Å². The van der Waals surface area contributed by atoms with E-state index in [2.05, 4.69) is 24.1 Å². The molecule has 1 aliphatic heterocycles. The summed E-state index contributed by atoms with van der Waals surface area (Å²) in [5.74, 6) is 3.10. The number of rotatable bonds is 4. The van der Waals surface area contributed by atoms with Crippen LogP contribution in [0.25, 0.3) is 0 Å². The highest BCUT2D eigenvalue weighted by Gasteiger charge is 2.52. The van der Waals surface area contributed by atoms with E-state index >= 15 is 0 Å². The lowest BCUT2D eigenvalue weighted by Crippen LogP contribution is -2.28. The van der Waals surface area contributed by atoms with Crippen LogP contribution in [0.4, 0.5) is 0 Å². The van der Waals surface area contributed by atoms with E-state index in [-0.39, 0.29) is 0 Å². The van der Waals surface area contributed by atoms with Crippen LogP contribution in [0.1, 0.15) is 13.8 Å². The molecule has 2 fully saturated rings. The molecule has 0 aromatic carbocycles. The van der Waals surface area contributed by atoms with Gasteiger partial charge in [-0.1, -0.05) is 13.8 Å². The van der Waals surface area contributed by atoms with E-state index in [1.54, 1.807) is 0 Å². The predicted molar refractivity (Wildman–Crippen MR) is 51.1 cm³/mol. The highest BCUT2D eigenvalue weighted by molar-refractivity contribution is 5.04. The standard InChI is InChI=1S/C10H20N2/c1-3-12(4-2)7-10-8-5-11-6-9(8)10/h8-11H,3-7H2,1-2H3. The highest BCUT2D eigenvalue weighted by atomic mass is 15.1. The number of fused-ring (bicyclic) bond motifs is 1. The zero-order chi connectivity index (χ0) is 8.55. The number of nitrogens with zero attached hydrogens (tertiary/aromatic N) is 1. The maximum absolute atomic E-state index is 3.44. The Kier molecular flexibility index (Phi) is 2.37. The normalized spacial score (nSPS) is 38.8. The molecule has 1 N–H and O–H groups in total. The van der Waals surface area contributed by atoms with E-state index in [0.717, 1.165) is 17.8 Å². The van der Waals surface area contributed by atoms with E-state index in [0.29, 0.717) is 0 Å². The predicted octanol–water partition coefficient (Wildman–Crippen LogP) is 0.794. The number of piperidine rings is 1. The van der Waals surface area contributed by atoms with Gasteiger partial charge >= 0.3 is 0 Å². The lowest BCUT2D eigenvalue weighted by molar-refractivity contribution is 0.277. The molecule has 0 amide bonds. The largest absolute Gasteiger partial charge is 0.316 e. The van der Waals surface area contributed by atoms with Crippen LogP contribution < -0.4 is 5.32 Å². The zero-order valence-corrected chi connectivity index (χ0v) is 8.21. The van der Waals surface area contributed by atoms with E-state index in [9.17, 15) is 0 Å². The summed E-state index contributed by atoms with van der Waals surface area (Å²) in [6.07, 6.45) is 0. The minimum absolute atomic E-state index is 1.03. The van der Waals surface area contributed by atoms with Crippen molar-refractivity contribution in [1.82, 2.24) is 10.2 Å². The average molecular weight is 168 g/mol. The second-order valence-electron chi connectivity index (χ2n) is 4.14. The third-order valence-electron chi connectivity index (χ3n) is 3.63. The maximum Gasteiger partial charge on any atom is 0.00159 e. The van der Waals surface area contributed by atoms with Crippen molar-refractivity contribution in [2.75, 3.05) is 32.7 Å². The Morgan fingerprint density at radius 1 is 1.17 bits per heavy atom. The Hall–Kier alpha value is -0.0800. The second kappa shape index (κ2) is 3.35. The van der Waals surface area contributed by atoms with Crippen LogP contribution in [0, 0.1) is 17.8 Å². The molecule has 1 heterocycles. The van der Waals surface area contributed by atoms with Crippen molar-refractivity contribution in [3.63, 3.8) is 0 Å². The first-order chi connectivity index (χ1) is 5.86.